The van der Waals surface area contributed by atoms with Crippen LogP contribution in [0.1, 0.15) is 16.8 Å². The van der Waals surface area contributed by atoms with Crippen LogP contribution in [0, 0.1) is 11.6 Å². The highest BCUT2D eigenvalue weighted by Crippen LogP contribution is 2.23. The van der Waals surface area contributed by atoms with Crippen molar-refractivity contribution in [3.05, 3.63) is 59.7 Å². The maximum Gasteiger partial charge on any atom is 0.255 e. The van der Waals surface area contributed by atoms with Crippen molar-refractivity contribution in [1.82, 2.24) is 4.31 Å². The standard InChI is InChI=1S/C18H17F3N2O4S/c19-14-5-4-12(9-15(14)20)22-18(25)11-2-1-3-13(8-11)28(26,27)23-7-6-17(24)16(21)10-23/h1-5,8-9,16-17,24H,6-7,10H2,(H,22,25). The molecule has 0 aliphatic carbocycles. The number of anilines is 1. The minimum absolute atomic E-state index is 0.00227. The number of benzene rings is 2. The van der Waals surface area contributed by atoms with E-state index in [-0.39, 0.29) is 29.1 Å². The Labute approximate surface area is 159 Å². The van der Waals surface area contributed by atoms with E-state index >= 15 is 0 Å². The molecule has 6 nitrogen and oxygen atoms in total. The molecule has 2 aromatic rings. The van der Waals surface area contributed by atoms with Gasteiger partial charge in [0.05, 0.1) is 11.0 Å². The van der Waals surface area contributed by atoms with Crippen molar-refractivity contribution in [1.29, 1.82) is 0 Å². The van der Waals surface area contributed by atoms with Gasteiger partial charge < -0.3 is 10.4 Å². The fraction of sp³-hybridized carbons (Fsp3) is 0.278. The Morgan fingerprint density at radius 3 is 2.57 bits per heavy atom. The van der Waals surface area contributed by atoms with Gasteiger partial charge in [-0.3, -0.25) is 4.79 Å². The molecule has 2 unspecified atom stereocenters. The summed E-state index contributed by atoms with van der Waals surface area (Å²) in [6.07, 6.45) is -2.93. The first-order chi connectivity index (χ1) is 13.2. The number of piperidine rings is 1. The summed E-state index contributed by atoms with van der Waals surface area (Å²) in [4.78, 5) is 12.1. The molecule has 0 aromatic heterocycles. The summed E-state index contributed by atoms with van der Waals surface area (Å²) in [5.41, 5.74) is -0.0258. The number of hydrogen-bond acceptors (Lipinski definition) is 4. The zero-order valence-corrected chi connectivity index (χ0v) is 15.3. The Bertz CT molecular complexity index is 1000. The molecule has 0 radical (unpaired) electrons. The van der Waals surface area contributed by atoms with E-state index in [0.717, 1.165) is 28.6 Å². The van der Waals surface area contributed by atoms with E-state index in [2.05, 4.69) is 5.32 Å². The number of carbonyl (C=O) groups excluding carboxylic acids is 1. The Morgan fingerprint density at radius 2 is 1.89 bits per heavy atom. The van der Waals surface area contributed by atoms with E-state index in [1.807, 2.05) is 0 Å². The molecular formula is C18H17F3N2O4S. The molecule has 2 atom stereocenters. The molecule has 0 spiro atoms. The van der Waals surface area contributed by atoms with Gasteiger partial charge in [0.15, 0.2) is 11.6 Å². The number of carbonyl (C=O) groups is 1. The smallest absolute Gasteiger partial charge is 0.255 e. The van der Waals surface area contributed by atoms with Crippen molar-refractivity contribution in [2.24, 2.45) is 0 Å². The van der Waals surface area contributed by atoms with Crippen molar-refractivity contribution < 1.29 is 31.5 Å². The molecule has 1 saturated heterocycles. The number of halogens is 3. The van der Waals surface area contributed by atoms with Crippen LogP contribution in [-0.2, 0) is 10.0 Å². The molecule has 2 N–H and O–H groups in total. The summed E-state index contributed by atoms with van der Waals surface area (Å²) < 4.78 is 66.3. The van der Waals surface area contributed by atoms with Gasteiger partial charge in [-0.1, -0.05) is 6.07 Å². The third-order valence-corrected chi connectivity index (χ3v) is 6.24. The number of hydrogen-bond donors (Lipinski definition) is 2. The molecule has 1 heterocycles. The molecule has 150 valence electrons. The van der Waals surface area contributed by atoms with Gasteiger partial charge >= 0.3 is 0 Å². The van der Waals surface area contributed by atoms with Crippen LogP contribution >= 0.6 is 0 Å². The summed E-state index contributed by atoms with van der Waals surface area (Å²) >= 11 is 0. The van der Waals surface area contributed by atoms with Crippen molar-refractivity contribution in [2.45, 2.75) is 23.6 Å². The number of sulfonamides is 1. The lowest BCUT2D eigenvalue weighted by molar-refractivity contribution is 0.0303. The highest BCUT2D eigenvalue weighted by atomic mass is 32.2. The van der Waals surface area contributed by atoms with Crippen LogP contribution in [0.5, 0.6) is 0 Å². The summed E-state index contributed by atoms with van der Waals surface area (Å²) in [5, 5.41) is 11.8. The van der Waals surface area contributed by atoms with Gasteiger partial charge in [-0.25, -0.2) is 21.6 Å². The molecule has 10 heteroatoms. The van der Waals surface area contributed by atoms with Gasteiger partial charge in [0.1, 0.15) is 6.17 Å². The number of nitrogens with one attached hydrogen (secondary N) is 1. The second-order valence-electron chi connectivity index (χ2n) is 6.35. The summed E-state index contributed by atoms with van der Waals surface area (Å²) in [6, 6.07) is 7.89. The lowest BCUT2D eigenvalue weighted by Gasteiger charge is -2.31. The topological polar surface area (TPSA) is 86.7 Å². The minimum Gasteiger partial charge on any atom is -0.390 e. The van der Waals surface area contributed by atoms with E-state index in [9.17, 15) is 31.5 Å². The van der Waals surface area contributed by atoms with Gasteiger partial charge in [0, 0.05) is 30.4 Å². The van der Waals surface area contributed by atoms with Crippen LogP contribution in [0.25, 0.3) is 0 Å². The number of rotatable bonds is 4. The SMILES string of the molecule is O=C(Nc1ccc(F)c(F)c1)c1cccc(S(=O)(=O)N2CCC(O)C(F)C2)c1. The van der Waals surface area contributed by atoms with Crippen LogP contribution in [0.15, 0.2) is 47.4 Å². The summed E-state index contributed by atoms with van der Waals surface area (Å²) in [6.45, 7) is -0.524. The number of amides is 1. The van der Waals surface area contributed by atoms with Crippen molar-refractivity contribution >= 4 is 21.6 Å². The predicted octanol–water partition coefficient (Wildman–Crippen LogP) is 2.31. The first-order valence-corrected chi connectivity index (χ1v) is 9.81. The molecule has 3 rings (SSSR count). The van der Waals surface area contributed by atoms with Crippen LogP contribution < -0.4 is 5.32 Å². The summed E-state index contributed by atoms with van der Waals surface area (Å²) in [5.74, 6) is -2.92. The van der Waals surface area contributed by atoms with Crippen molar-refractivity contribution in [3.63, 3.8) is 0 Å². The second kappa shape index (κ2) is 7.90. The highest BCUT2D eigenvalue weighted by molar-refractivity contribution is 7.89. The number of nitrogens with zero attached hydrogens (tertiary/aromatic N) is 1. The molecule has 2 aromatic carbocycles. The van der Waals surface area contributed by atoms with Gasteiger partial charge in [-0.15, -0.1) is 0 Å². The molecule has 0 bridgehead atoms. The third-order valence-electron chi connectivity index (χ3n) is 4.38. The molecular weight excluding hydrogens is 397 g/mol. The zero-order valence-electron chi connectivity index (χ0n) is 14.5. The second-order valence-corrected chi connectivity index (χ2v) is 8.28. The summed E-state index contributed by atoms with van der Waals surface area (Å²) in [7, 11) is -4.07. The van der Waals surface area contributed by atoms with Crippen LogP contribution in [0.3, 0.4) is 0 Å². The van der Waals surface area contributed by atoms with E-state index in [0.29, 0.717) is 0 Å². The maximum absolute atomic E-state index is 13.7. The number of aliphatic hydroxyl groups excluding tert-OH is 1. The van der Waals surface area contributed by atoms with Crippen molar-refractivity contribution in [2.75, 3.05) is 18.4 Å². The van der Waals surface area contributed by atoms with Gasteiger partial charge in [0.25, 0.3) is 5.91 Å². The Balaban J connectivity index is 1.81. The highest BCUT2D eigenvalue weighted by Gasteiger charge is 2.35. The number of alkyl halides is 1. The van der Waals surface area contributed by atoms with E-state index < -0.39 is 46.4 Å². The van der Waals surface area contributed by atoms with Gasteiger partial charge in [-0.05, 0) is 36.8 Å². The fourth-order valence-corrected chi connectivity index (χ4v) is 4.32. The Hall–Kier alpha value is -2.43. The van der Waals surface area contributed by atoms with Crippen LogP contribution in [0.2, 0.25) is 0 Å². The molecule has 0 saturated carbocycles. The molecule has 1 fully saturated rings. The largest absolute Gasteiger partial charge is 0.390 e. The van der Waals surface area contributed by atoms with Crippen LogP contribution in [0.4, 0.5) is 18.9 Å². The van der Waals surface area contributed by atoms with Crippen molar-refractivity contribution in [3.8, 4) is 0 Å². The Kier molecular flexibility index (Phi) is 5.73. The monoisotopic (exact) mass is 414 g/mol. The zero-order chi connectivity index (χ0) is 20.5. The van der Waals surface area contributed by atoms with Gasteiger partial charge in [0.2, 0.25) is 10.0 Å². The predicted molar refractivity (Wildman–Crippen MR) is 95.0 cm³/mol. The molecule has 1 aliphatic heterocycles. The first-order valence-electron chi connectivity index (χ1n) is 8.37. The Morgan fingerprint density at radius 1 is 1.14 bits per heavy atom. The maximum atomic E-state index is 13.7. The van der Waals surface area contributed by atoms with E-state index in [1.165, 1.54) is 18.2 Å². The van der Waals surface area contributed by atoms with E-state index in [4.69, 9.17) is 0 Å². The fourth-order valence-electron chi connectivity index (χ4n) is 2.81. The third kappa shape index (κ3) is 4.18. The lowest BCUT2D eigenvalue weighted by Crippen LogP contribution is -2.47. The normalized spacial score (nSPS) is 20.7. The van der Waals surface area contributed by atoms with E-state index in [1.54, 1.807) is 0 Å². The van der Waals surface area contributed by atoms with Gasteiger partial charge in [-0.2, -0.15) is 4.31 Å². The first kappa shape index (κ1) is 20.3. The lowest BCUT2D eigenvalue weighted by atomic mass is 10.1. The quantitative estimate of drug-likeness (QED) is 0.804. The average Bonchev–Trinajstić information content (AvgIpc) is 2.67. The molecule has 1 amide bonds. The minimum atomic E-state index is -4.07. The van der Waals surface area contributed by atoms with Crippen LogP contribution in [-0.4, -0.2) is 49.1 Å². The molecule has 1 aliphatic rings. The average molecular weight is 414 g/mol. The number of aliphatic hydroxyl groups is 1. The molecule has 28 heavy (non-hydrogen) atoms.